The van der Waals surface area contributed by atoms with Crippen molar-refractivity contribution < 1.29 is 14.4 Å². The molecule has 1 saturated heterocycles. The monoisotopic (exact) mass is 482 g/mol. The average molecular weight is 483 g/mol. The van der Waals surface area contributed by atoms with E-state index in [1.54, 1.807) is 36.7 Å². The van der Waals surface area contributed by atoms with E-state index in [2.05, 4.69) is 35.6 Å². The van der Waals surface area contributed by atoms with E-state index in [1.807, 2.05) is 20.8 Å². The molecule has 0 aromatic rings. The third-order valence-electron chi connectivity index (χ3n) is 6.28. The van der Waals surface area contributed by atoms with Gasteiger partial charge in [0.1, 0.15) is 6.04 Å². The fraction of sp³-hybridized carbons (Fsp3) is 0.800. The Hall–Kier alpha value is -1.54. The predicted octanol–water partition coefficient (Wildman–Crippen LogP) is 3.05. The Bertz CT molecular complexity index is 681. The molecule has 0 saturated carbocycles. The number of thioether (sulfide) groups is 1. The molecule has 7 nitrogen and oxygen atoms in total. The van der Waals surface area contributed by atoms with E-state index in [9.17, 15) is 14.4 Å². The molecule has 0 spiro atoms. The number of rotatable bonds is 12. The number of piperidine rings is 1. The summed E-state index contributed by atoms with van der Waals surface area (Å²) in [6.45, 7) is 13.1. The molecule has 1 aliphatic heterocycles. The van der Waals surface area contributed by atoms with E-state index in [0.29, 0.717) is 18.2 Å². The first kappa shape index (κ1) is 29.5. The number of likely N-dealkylation sites (tertiary alicyclic amines) is 1. The SMILES string of the molecule is CSCCC(C)NC(=O)/C(C)=C/CN(C)C(=O)C(NC(=O)C1CCCCN1C(C)C)C(C)C. The van der Waals surface area contributed by atoms with Gasteiger partial charge in [0, 0.05) is 31.2 Å². The maximum Gasteiger partial charge on any atom is 0.246 e. The van der Waals surface area contributed by atoms with Gasteiger partial charge in [0.2, 0.25) is 17.7 Å². The molecule has 2 N–H and O–H groups in total. The van der Waals surface area contributed by atoms with Crippen LogP contribution in [-0.2, 0) is 14.4 Å². The highest BCUT2D eigenvalue weighted by atomic mass is 32.2. The van der Waals surface area contributed by atoms with Crippen LogP contribution < -0.4 is 10.6 Å². The van der Waals surface area contributed by atoms with Crippen molar-refractivity contribution in [1.82, 2.24) is 20.4 Å². The van der Waals surface area contributed by atoms with Crippen LogP contribution in [0.2, 0.25) is 0 Å². The second kappa shape index (κ2) is 14.7. The van der Waals surface area contributed by atoms with Gasteiger partial charge in [0.05, 0.1) is 6.04 Å². The number of carbonyl (C=O) groups excluding carboxylic acids is 3. The van der Waals surface area contributed by atoms with Crippen molar-refractivity contribution in [2.45, 2.75) is 91.4 Å². The minimum Gasteiger partial charge on any atom is -0.350 e. The Morgan fingerprint density at radius 2 is 1.79 bits per heavy atom. The molecule has 0 aromatic carbocycles. The highest BCUT2D eigenvalue weighted by Gasteiger charge is 2.34. The molecule has 1 rings (SSSR count). The topological polar surface area (TPSA) is 81.8 Å². The van der Waals surface area contributed by atoms with Gasteiger partial charge in [0.15, 0.2) is 0 Å². The third-order valence-corrected chi connectivity index (χ3v) is 6.92. The van der Waals surface area contributed by atoms with Crippen LogP contribution in [0.15, 0.2) is 11.6 Å². The molecule has 0 aliphatic carbocycles. The first-order chi connectivity index (χ1) is 15.5. The van der Waals surface area contributed by atoms with Gasteiger partial charge in [-0.25, -0.2) is 0 Å². The maximum atomic E-state index is 13.2. The van der Waals surface area contributed by atoms with Gasteiger partial charge in [-0.05, 0) is 71.4 Å². The molecule has 0 radical (unpaired) electrons. The Balaban J connectivity index is 2.74. The molecular formula is C25H46N4O3S. The van der Waals surface area contributed by atoms with Crippen LogP contribution in [-0.4, -0.2) is 83.8 Å². The summed E-state index contributed by atoms with van der Waals surface area (Å²) in [5.41, 5.74) is 0.588. The third kappa shape index (κ3) is 9.69. The summed E-state index contributed by atoms with van der Waals surface area (Å²) in [7, 11) is 1.72. The first-order valence-corrected chi connectivity index (χ1v) is 13.7. The lowest BCUT2D eigenvalue weighted by Gasteiger charge is -2.38. The lowest BCUT2D eigenvalue weighted by atomic mass is 9.97. The van der Waals surface area contributed by atoms with Crippen molar-refractivity contribution in [3.05, 3.63) is 11.6 Å². The molecule has 1 fully saturated rings. The van der Waals surface area contributed by atoms with Crippen molar-refractivity contribution in [3.8, 4) is 0 Å². The molecule has 33 heavy (non-hydrogen) atoms. The van der Waals surface area contributed by atoms with Crippen LogP contribution in [0.1, 0.15) is 67.2 Å². The largest absolute Gasteiger partial charge is 0.350 e. The van der Waals surface area contributed by atoms with Crippen LogP contribution >= 0.6 is 11.8 Å². The minimum absolute atomic E-state index is 0.0364. The van der Waals surface area contributed by atoms with E-state index in [4.69, 9.17) is 0 Å². The van der Waals surface area contributed by atoms with E-state index >= 15 is 0 Å². The summed E-state index contributed by atoms with van der Waals surface area (Å²) in [5.74, 6) is 0.659. The number of carbonyl (C=O) groups is 3. The number of nitrogens with one attached hydrogen (secondary N) is 2. The van der Waals surface area contributed by atoms with Gasteiger partial charge in [-0.2, -0.15) is 11.8 Å². The summed E-state index contributed by atoms with van der Waals surface area (Å²) in [6.07, 6.45) is 7.70. The Kier molecular flexibility index (Phi) is 13.1. The van der Waals surface area contributed by atoms with Crippen molar-refractivity contribution >= 4 is 29.5 Å². The molecule has 0 aromatic heterocycles. The Labute approximate surface area is 205 Å². The lowest BCUT2D eigenvalue weighted by molar-refractivity contribution is -0.138. The zero-order chi connectivity index (χ0) is 25.1. The minimum atomic E-state index is -0.590. The van der Waals surface area contributed by atoms with E-state index in [1.165, 1.54) is 0 Å². The summed E-state index contributed by atoms with van der Waals surface area (Å²) < 4.78 is 0. The number of nitrogens with zero attached hydrogens (tertiary/aromatic N) is 2. The van der Waals surface area contributed by atoms with Gasteiger partial charge in [-0.1, -0.05) is 26.3 Å². The molecular weight excluding hydrogens is 436 g/mol. The first-order valence-electron chi connectivity index (χ1n) is 12.3. The molecule has 190 valence electrons. The highest BCUT2D eigenvalue weighted by Crippen LogP contribution is 2.20. The number of likely N-dealkylation sites (N-methyl/N-ethyl adjacent to an activating group) is 1. The van der Waals surface area contributed by atoms with Crippen molar-refractivity contribution in [2.75, 3.05) is 32.1 Å². The fourth-order valence-electron chi connectivity index (χ4n) is 4.01. The molecule has 3 atom stereocenters. The number of hydrogen-bond donors (Lipinski definition) is 2. The molecule has 1 heterocycles. The molecule has 8 heteroatoms. The lowest BCUT2D eigenvalue weighted by Crippen LogP contribution is -2.57. The molecule has 3 amide bonds. The van der Waals surface area contributed by atoms with Crippen LogP contribution in [0.4, 0.5) is 0 Å². The second-order valence-electron chi connectivity index (χ2n) is 9.84. The van der Waals surface area contributed by atoms with Gasteiger partial charge < -0.3 is 15.5 Å². The number of hydrogen-bond acceptors (Lipinski definition) is 5. The summed E-state index contributed by atoms with van der Waals surface area (Å²) in [6, 6.07) is -0.373. The van der Waals surface area contributed by atoms with Gasteiger partial charge >= 0.3 is 0 Å². The van der Waals surface area contributed by atoms with Crippen LogP contribution in [0.3, 0.4) is 0 Å². The Morgan fingerprint density at radius 1 is 1.12 bits per heavy atom. The molecule has 0 bridgehead atoms. The van der Waals surface area contributed by atoms with Crippen LogP contribution in [0, 0.1) is 5.92 Å². The standard InChI is InChI=1S/C25H46N4O3S/c1-17(2)22(27-24(31)21-11-9-10-14-29(21)18(3)4)25(32)28(7)15-12-19(5)23(30)26-20(6)13-16-33-8/h12,17-18,20-22H,9-11,13-16H2,1-8H3,(H,26,30)(H,27,31)/b19-12+. The Morgan fingerprint density at radius 3 is 2.36 bits per heavy atom. The summed E-state index contributed by atoms with van der Waals surface area (Å²) in [5, 5.41) is 6.03. The van der Waals surface area contributed by atoms with E-state index in [0.717, 1.165) is 38.0 Å². The van der Waals surface area contributed by atoms with Gasteiger partial charge in [-0.3, -0.25) is 19.3 Å². The van der Waals surface area contributed by atoms with Gasteiger partial charge in [-0.15, -0.1) is 0 Å². The molecule has 1 aliphatic rings. The second-order valence-corrected chi connectivity index (χ2v) is 10.8. The smallest absolute Gasteiger partial charge is 0.246 e. The normalized spacial score (nSPS) is 19.3. The van der Waals surface area contributed by atoms with Crippen molar-refractivity contribution in [2.24, 2.45) is 5.92 Å². The van der Waals surface area contributed by atoms with Crippen LogP contribution in [0.5, 0.6) is 0 Å². The van der Waals surface area contributed by atoms with Crippen LogP contribution in [0.25, 0.3) is 0 Å². The average Bonchev–Trinajstić information content (AvgIpc) is 2.78. The zero-order valence-electron chi connectivity index (χ0n) is 21.9. The fourth-order valence-corrected chi connectivity index (χ4v) is 4.60. The van der Waals surface area contributed by atoms with Crippen molar-refractivity contribution in [1.29, 1.82) is 0 Å². The quantitative estimate of drug-likeness (QED) is 0.418. The number of amides is 3. The summed E-state index contributed by atoms with van der Waals surface area (Å²) in [4.78, 5) is 42.5. The van der Waals surface area contributed by atoms with Gasteiger partial charge in [0.25, 0.3) is 0 Å². The zero-order valence-corrected chi connectivity index (χ0v) is 22.8. The maximum absolute atomic E-state index is 13.2. The molecule has 3 unspecified atom stereocenters. The van der Waals surface area contributed by atoms with E-state index in [-0.39, 0.29) is 35.7 Å². The van der Waals surface area contributed by atoms with E-state index < -0.39 is 6.04 Å². The summed E-state index contributed by atoms with van der Waals surface area (Å²) >= 11 is 1.76. The predicted molar refractivity (Wildman–Crippen MR) is 138 cm³/mol. The van der Waals surface area contributed by atoms with Crippen molar-refractivity contribution in [3.63, 3.8) is 0 Å². The highest BCUT2D eigenvalue weighted by molar-refractivity contribution is 7.98.